The zero-order valence-corrected chi connectivity index (χ0v) is 35.2. The number of hydrogen-bond acceptors (Lipinski definition) is 13. The van der Waals surface area contributed by atoms with E-state index in [2.05, 4.69) is 28.6 Å². The van der Waals surface area contributed by atoms with Gasteiger partial charge in [-0.15, -0.1) is 0 Å². The van der Waals surface area contributed by atoms with Crippen LogP contribution in [0, 0.1) is 0 Å². The van der Waals surface area contributed by atoms with E-state index < -0.39 is 35.9 Å². The number of carbonyl (C=O) groups is 4. The third-order valence-electron chi connectivity index (χ3n) is 8.83. The van der Waals surface area contributed by atoms with Gasteiger partial charge in [-0.05, 0) is 37.8 Å². The predicted octanol–water partition coefficient (Wildman–Crippen LogP) is 9.03. The number of esters is 2. The van der Waals surface area contributed by atoms with E-state index in [0.29, 0.717) is 40.3 Å². The van der Waals surface area contributed by atoms with Crippen LogP contribution in [0.3, 0.4) is 0 Å². The number of allylic oxidation sites excluding steroid dienone is 2. The first-order valence-electron chi connectivity index (χ1n) is 19.8. The lowest BCUT2D eigenvalue weighted by Crippen LogP contribution is -2.24. The average Bonchev–Trinajstić information content (AvgIpc) is 3.22. The molecule has 2 aromatic carbocycles. The van der Waals surface area contributed by atoms with E-state index in [0.717, 1.165) is 19.3 Å². The maximum absolute atomic E-state index is 13.2. The molecule has 0 saturated carbocycles. The number of unbranched alkanes of at least 4 members (excludes halogenated alkanes) is 9. The molecule has 1 heterocycles. The summed E-state index contributed by atoms with van der Waals surface area (Å²) in [4.78, 5) is 56.3. The van der Waals surface area contributed by atoms with E-state index in [-0.39, 0.29) is 35.4 Å². The van der Waals surface area contributed by atoms with Gasteiger partial charge in [0, 0.05) is 29.7 Å². The first-order chi connectivity index (χ1) is 28.7. The highest BCUT2D eigenvalue weighted by atomic mass is 19.4. The molecular formula is C44H57F3N4O9. The highest BCUT2D eigenvalue weighted by molar-refractivity contribution is 6.26. The van der Waals surface area contributed by atoms with Crippen LogP contribution in [0.2, 0.25) is 0 Å². The Kier molecular flexibility index (Phi) is 22.3. The van der Waals surface area contributed by atoms with Crippen LogP contribution < -0.4 is 21.2 Å². The minimum Gasteiger partial charge on any atom is -0.503 e. The number of hydrazine groups is 1. The van der Waals surface area contributed by atoms with Crippen molar-refractivity contribution in [3.63, 3.8) is 0 Å². The maximum Gasteiger partial charge on any atom is 0.433 e. The van der Waals surface area contributed by atoms with Crippen LogP contribution in [-0.2, 0) is 36.6 Å². The van der Waals surface area contributed by atoms with Crippen molar-refractivity contribution in [1.82, 2.24) is 9.97 Å². The van der Waals surface area contributed by atoms with E-state index in [4.69, 9.17) is 23.7 Å². The molecule has 4 rings (SSSR count). The molecule has 0 aliphatic heterocycles. The van der Waals surface area contributed by atoms with Crippen molar-refractivity contribution in [2.45, 2.75) is 117 Å². The number of carbonyl (C=O) groups excluding carboxylic acids is 4. The number of aromatic nitrogens is 2. The largest absolute Gasteiger partial charge is 0.503 e. The maximum atomic E-state index is 13.2. The van der Waals surface area contributed by atoms with Crippen LogP contribution in [0.5, 0.6) is 11.9 Å². The second-order valence-electron chi connectivity index (χ2n) is 13.8. The molecule has 1 aromatic heterocycles. The SMILES string of the molecule is CCCCCCCCCCCCC1=C(OC(C)=O)C(=O)c2ccccc2C1=O.CO/C=C(/C(=O)OC)c1ccccc1COc1cc(C(F)(F)F)nc(OC(C)C)n1.NN. The van der Waals surface area contributed by atoms with E-state index in [1.807, 2.05) is 0 Å². The van der Waals surface area contributed by atoms with Gasteiger partial charge in [-0.2, -0.15) is 23.1 Å². The Morgan fingerprint density at radius 3 is 1.93 bits per heavy atom. The van der Waals surface area contributed by atoms with Gasteiger partial charge in [0.2, 0.25) is 11.7 Å². The molecule has 13 nitrogen and oxygen atoms in total. The molecule has 0 spiro atoms. The highest BCUT2D eigenvalue weighted by Crippen LogP contribution is 2.32. The number of alkyl halides is 3. The Bertz CT molecular complexity index is 1930. The third kappa shape index (κ3) is 16.2. The van der Waals surface area contributed by atoms with E-state index in [1.165, 1.54) is 72.4 Å². The molecule has 0 saturated heterocycles. The summed E-state index contributed by atoms with van der Waals surface area (Å²) < 4.78 is 65.0. The zero-order chi connectivity index (χ0) is 44.7. The van der Waals surface area contributed by atoms with Gasteiger partial charge in [-0.25, -0.2) is 4.79 Å². The minimum atomic E-state index is -4.70. The molecule has 1 aliphatic rings. The zero-order valence-electron chi connectivity index (χ0n) is 35.2. The average molecular weight is 843 g/mol. The summed E-state index contributed by atoms with van der Waals surface area (Å²) >= 11 is 0. The summed E-state index contributed by atoms with van der Waals surface area (Å²) in [7, 11) is 2.60. The fourth-order valence-electron chi connectivity index (χ4n) is 6.07. The Morgan fingerprint density at radius 2 is 1.38 bits per heavy atom. The lowest BCUT2D eigenvalue weighted by Gasteiger charge is -2.20. The molecule has 0 radical (unpaired) electrons. The van der Waals surface area contributed by atoms with Crippen molar-refractivity contribution in [2.75, 3.05) is 14.2 Å². The Balaban J connectivity index is 0.000000398. The normalized spacial score (nSPS) is 12.4. The monoisotopic (exact) mass is 842 g/mol. The molecule has 0 fully saturated rings. The molecular weight excluding hydrogens is 785 g/mol. The van der Waals surface area contributed by atoms with Gasteiger partial charge in [-0.3, -0.25) is 26.1 Å². The van der Waals surface area contributed by atoms with Gasteiger partial charge >= 0.3 is 24.1 Å². The number of benzene rings is 2. The first kappa shape index (κ1) is 50.5. The van der Waals surface area contributed by atoms with Gasteiger partial charge in [-0.1, -0.05) is 113 Å². The first-order valence-corrected chi connectivity index (χ1v) is 19.8. The topological polar surface area (TPSA) is 192 Å². The number of nitrogens with two attached hydrogens (primary N) is 2. The second-order valence-corrected chi connectivity index (χ2v) is 13.8. The smallest absolute Gasteiger partial charge is 0.433 e. The number of methoxy groups -OCH3 is 2. The van der Waals surface area contributed by atoms with E-state index in [9.17, 15) is 32.3 Å². The lowest BCUT2D eigenvalue weighted by atomic mass is 9.86. The van der Waals surface area contributed by atoms with E-state index >= 15 is 0 Å². The van der Waals surface area contributed by atoms with Gasteiger partial charge < -0.3 is 23.7 Å². The summed E-state index contributed by atoms with van der Waals surface area (Å²) in [5.74, 6) is 5.83. The number of ether oxygens (including phenoxy) is 5. The standard InChI is InChI=1S/C24H32O4.C20H21F3N2O5.H4N2/c1-3-4-5-6-7-8-9-10-11-12-17-21-22(26)19-15-13-14-16-20(19)23(27)24(21)28-18(2)25;1-12(2)30-19-24-16(20(21,22)23)9-17(25-19)29-10-13-7-5-6-8-14(13)15(11-27-3)18(26)28-4;1-2/h13-16H,3-12,17H2,1-2H3;5-9,11-12H,10H2,1-4H3;1-2H2/b;15-11+;. The van der Waals surface area contributed by atoms with Crippen LogP contribution in [0.4, 0.5) is 13.2 Å². The number of Topliss-reactive ketones (excluding diaryl/α,β-unsaturated/α-hetero) is 2. The van der Waals surface area contributed by atoms with Gasteiger partial charge in [0.25, 0.3) is 0 Å². The summed E-state index contributed by atoms with van der Waals surface area (Å²) in [6.45, 7) is 6.58. The fourth-order valence-corrected chi connectivity index (χ4v) is 6.07. The van der Waals surface area contributed by atoms with Crippen LogP contribution in [-0.4, -0.2) is 53.8 Å². The van der Waals surface area contributed by atoms with Crippen LogP contribution >= 0.6 is 0 Å². The minimum absolute atomic E-state index is 0.0767. The molecule has 0 unspecified atom stereocenters. The Morgan fingerprint density at radius 1 is 0.817 bits per heavy atom. The molecule has 16 heteroatoms. The second kappa shape index (κ2) is 26.5. The van der Waals surface area contributed by atoms with Gasteiger partial charge in [0.1, 0.15) is 12.2 Å². The molecule has 0 amide bonds. The van der Waals surface area contributed by atoms with Crippen molar-refractivity contribution in [3.8, 4) is 11.9 Å². The summed E-state index contributed by atoms with van der Waals surface area (Å²) in [5, 5.41) is 0. The summed E-state index contributed by atoms with van der Waals surface area (Å²) in [6.07, 6.45) is 8.53. The number of ketones is 2. The number of hydrogen-bond donors (Lipinski definition) is 2. The van der Waals surface area contributed by atoms with Crippen LogP contribution in [0.15, 0.2) is 72.2 Å². The number of halogens is 3. The van der Waals surface area contributed by atoms with Crippen molar-refractivity contribution < 1.29 is 56.0 Å². The number of rotatable bonds is 20. The number of nitrogens with zero attached hydrogens (tertiary/aromatic N) is 2. The lowest BCUT2D eigenvalue weighted by molar-refractivity contribution is -0.142. The Hall–Kier alpha value is -5.61. The predicted molar refractivity (Wildman–Crippen MR) is 219 cm³/mol. The molecule has 0 bridgehead atoms. The van der Waals surface area contributed by atoms with Gasteiger partial charge in [0.15, 0.2) is 17.2 Å². The molecule has 3 aromatic rings. The molecule has 1 aliphatic carbocycles. The molecule has 60 heavy (non-hydrogen) atoms. The molecule has 328 valence electrons. The number of fused-ring (bicyclic) bond motifs is 1. The van der Waals surface area contributed by atoms with E-state index in [1.54, 1.807) is 62.4 Å². The summed E-state index contributed by atoms with van der Waals surface area (Å²) in [5.41, 5.74) is 0.951. The van der Waals surface area contributed by atoms with Gasteiger partial charge in [0.05, 0.1) is 26.6 Å². The van der Waals surface area contributed by atoms with Crippen LogP contribution in [0.1, 0.15) is 136 Å². The van der Waals surface area contributed by atoms with Crippen LogP contribution in [0.25, 0.3) is 5.57 Å². The molecule has 0 atom stereocenters. The Labute approximate surface area is 349 Å². The quantitative estimate of drug-likeness (QED) is 0.0274. The third-order valence-corrected chi connectivity index (χ3v) is 8.83. The van der Waals surface area contributed by atoms with Crippen molar-refractivity contribution in [2.24, 2.45) is 11.7 Å². The molecule has 4 N–H and O–H groups in total. The highest BCUT2D eigenvalue weighted by Gasteiger charge is 2.35. The fraction of sp³-hybridized carbons (Fsp3) is 0.455. The van der Waals surface area contributed by atoms with Crippen molar-refractivity contribution in [3.05, 3.63) is 100 Å². The van der Waals surface area contributed by atoms with Crippen molar-refractivity contribution >= 4 is 29.1 Å². The van der Waals surface area contributed by atoms with Crippen molar-refractivity contribution in [1.29, 1.82) is 0 Å². The summed E-state index contributed by atoms with van der Waals surface area (Å²) in [6, 6.07) is 13.6.